The van der Waals surface area contributed by atoms with Crippen molar-refractivity contribution in [2.45, 2.75) is 5.41 Å². The molecular weight excluding hydrogens is 902 g/mol. The highest BCUT2D eigenvalue weighted by Gasteiger charge is 2.52. The molecule has 4 aliphatic rings. The van der Waals surface area contributed by atoms with Gasteiger partial charge in [-0.3, -0.25) is 9.97 Å². The predicted molar refractivity (Wildman–Crippen MR) is 313 cm³/mol. The summed E-state index contributed by atoms with van der Waals surface area (Å²) in [4.78, 5) is 10.5. The van der Waals surface area contributed by atoms with Crippen LogP contribution in [0.15, 0.2) is 267 Å². The smallest absolute Gasteiger partial charge is 0.243 e. The van der Waals surface area contributed by atoms with E-state index in [1.54, 1.807) is 0 Å². The Morgan fingerprint density at radius 3 is 0.853 bits per heavy atom. The second-order valence-corrected chi connectivity index (χ2v) is 20.6. The van der Waals surface area contributed by atoms with E-state index >= 15 is 0 Å². The van der Waals surface area contributed by atoms with Crippen molar-refractivity contribution in [3.63, 3.8) is 0 Å². The number of pyridine rings is 2. The van der Waals surface area contributed by atoms with Crippen molar-refractivity contribution in [3.8, 4) is 89.3 Å². The van der Waals surface area contributed by atoms with Crippen molar-refractivity contribution in [2.24, 2.45) is 0 Å². The van der Waals surface area contributed by atoms with Gasteiger partial charge in [-0.2, -0.15) is 0 Å². The molecule has 10 aromatic carbocycles. The molecule has 2 aliphatic carbocycles. The van der Waals surface area contributed by atoms with Gasteiger partial charge in [0.15, 0.2) is 0 Å². The zero-order valence-corrected chi connectivity index (χ0v) is 41.0. The third-order valence-corrected chi connectivity index (χ3v) is 17.0. The molecule has 2 nitrogen and oxygen atoms in total. The summed E-state index contributed by atoms with van der Waals surface area (Å²) in [5.74, 6) is 0. The molecule has 4 heteroatoms. The number of benzene rings is 10. The van der Waals surface area contributed by atoms with Crippen LogP contribution in [0.5, 0.6) is 0 Å². The number of rotatable bonds is 6. The third-order valence-electron chi connectivity index (χ3n) is 17.0. The van der Waals surface area contributed by atoms with Gasteiger partial charge in [-0.15, -0.1) is 0 Å². The highest BCUT2D eigenvalue weighted by molar-refractivity contribution is 7.00. The van der Waals surface area contributed by atoms with Crippen LogP contribution in [0.2, 0.25) is 0 Å². The van der Waals surface area contributed by atoms with Gasteiger partial charge in [0.2, 0.25) is 13.4 Å². The van der Waals surface area contributed by atoms with Crippen LogP contribution in [-0.4, -0.2) is 23.4 Å². The Morgan fingerprint density at radius 1 is 0.227 bits per heavy atom. The fourth-order valence-electron chi connectivity index (χ4n) is 13.9. The van der Waals surface area contributed by atoms with Gasteiger partial charge >= 0.3 is 0 Å². The van der Waals surface area contributed by atoms with E-state index < -0.39 is 5.41 Å². The molecule has 2 aliphatic heterocycles. The molecule has 0 saturated carbocycles. The number of fused-ring (bicyclic) bond motifs is 16. The SMILES string of the molecule is c1ccc(-c2ccc(-c3ccc4c(c3)C3(c5ccccc5-c5ccccc53)c3cc(-c5ccc(-c6ccccc6B6c7ccccc7-c7ccccc76)nc5)ccc3-4)cn2)c(B2c3ccccc3-c3ccccc32)c1. The van der Waals surface area contributed by atoms with Crippen LogP contribution in [0, 0.1) is 0 Å². The summed E-state index contributed by atoms with van der Waals surface area (Å²) < 4.78 is 0. The maximum Gasteiger partial charge on any atom is 0.243 e. The summed E-state index contributed by atoms with van der Waals surface area (Å²) in [5.41, 5.74) is 31.8. The van der Waals surface area contributed by atoms with Crippen LogP contribution in [-0.2, 0) is 5.41 Å². The third kappa shape index (κ3) is 6.05. The zero-order chi connectivity index (χ0) is 49.2. The Kier molecular flexibility index (Phi) is 9.17. The van der Waals surface area contributed by atoms with Crippen molar-refractivity contribution in [3.05, 3.63) is 289 Å². The van der Waals surface area contributed by atoms with E-state index in [9.17, 15) is 0 Å². The first-order valence-electron chi connectivity index (χ1n) is 26.2. The normalized spacial score (nSPS) is 13.4. The fourth-order valence-corrected chi connectivity index (χ4v) is 13.9. The monoisotopic (exact) mass is 946 g/mol. The first-order valence-corrected chi connectivity index (χ1v) is 26.2. The van der Waals surface area contributed by atoms with Gasteiger partial charge in [-0.05, 0) is 113 Å². The first kappa shape index (κ1) is 42.2. The molecule has 0 atom stereocenters. The minimum atomic E-state index is -0.524. The number of hydrogen-bond acceptors (Lipinski definition) is 2. The lowest BCUT2D eigenvalue weighted by atomic mass is 9.38. The van der Waals surface area contributed by atoms with Crippen molar-refractivity contribution < 1.29 is 0 Å². The van der Waals surface area contributed by atoms with E-state index in [4.69, 9.17) is 9.97 Å². The molecule has 4 heterocycles. The van der Waals surface area contributed by atoms with Crippen molar-refractivity contribution in [2.75, 3.05) is 0 Å². The molecule has 0 N–H and O–H groups in total. The van der Waals surface area contributed by atoms with E-state index in [-0.39, 0.29) is 13.4 Å². The number of nitrogens with zero attached hydrogens (tertiary/aromatic N) is 2. The lowest BCUT2D eigenvalue weighted by Crippen LogP contribution is -2.49. The van der Waals surface area contributed by atoms with E-state index in [0.717, 1.165) is 44.8 Å². The lowest BCUT2D eigenvalue weighted by Gasteiger charge is -2.31. The molecule has 12 aromatic rings. The summed E-state index contributed by atoms with van der Waals surface area (Å²) in [5, 5.41) is 0. The average Bonchev–Trinajstić information content (AvgIpc) is 4.22. The Balaban J connectivity index is 0.785. The minimum absolute atomic E-state index is 0.139. The molecule has 75 heavy (non-hydrogen) atoms. The molecule has 0 amide bonds. The van der Waals surface area contributed by atoms with Crippen LogP contribution in [0.1, 0.15) is 22.3 Å². The topological polar surface area (TPSA) is 25.8 Å². The molecular formula is C71H44B2N2. The fraction of sp³-hybridized carbons (Fsp3) is 0.0141. The average molecular weight is 947 g/mol. The minimum Gasteiger partial charge on any atom is -0.256 e. The van der Waals surface area contributed by atoms with Crippen molar-refractivity contribution in [1.82, 2.24) is 9.97 Å². The Morgan fingerprint density at radius 2 is 0.507 bits per heavy atom. The summed E-state index contributed by atoms with van der Waals surface area (Å²) in [6, 6.07) is 94.4. The van der Waals surface area contributed by atoms with Gasteiger partial charge in [0.1, 0.15) is 0 Å². The van der Waals surface area contributed by atoms with Crippen molar-refractivity contribution >= 4 is 46.2 Å². The number of hydrogen-bond donors (Lipinski definition) is 0. The predicted octanol–water partition coefficient (Wildman–Crippen LogP) is 12.5. The van der Waals surface area contributed by atoms with Gasteiger partial charge in [0.05, 0.1) is 16.8 Å². The quantitative estimate of drug-likeness (QED) is 0.155. The highest BCUT2D eigenvalue weighted by atomic mass is 14.7. The van der Waals surface area contributed by atoms with Crippen LogP contribution >= 0.6 is 0 Å². The van der Waals surface area contributed by atoms with Gasteiger partial charge in [0.25, 0.3) is 0 Å². The maximum absolute atomic E-state index is 5.27. The highest BCUT2D eigenvalue weighted by Crippen LogP contribution is 2.63. The van der Waals surface area contributed by atoms with E-state index in [1.807, 2.05) is 0 Å². The standard InChI is InChI=1S/C71H44B2N2/c1-9-25-59-49(17-1)50-18-2-10-26-60(50)71(59)61-41-45(47-35-39-69(74-43-47)57-23-7-15-31-67(57)72-63-27-11-3-19-53(63)54-20-4-12-28-64(54)72)33-37-51(61)52-38-34-46(42-62(52)71)48-36-40-70(75-44-48)58-24-8-16-32-68(58)73-65-29-13-5-21-55(65)56-22-6-14-30-66(56)73/h1-44H. The summed E-state index contributed by atoms with van der Waals surface area (Å²) in [7, 11) is 0. The molecule has 2 aromatic heterocycles. The molecule has 344 valence electrons. The Bertz CT molecular complexity index is 3960. The van der Waals surface area contributed by atoms with Crippen LogP contribution in [0.25, 0.3) is 89.3 Å². The van der Waals surface area contributed by atoms with Gasteiger partial charge in [-0.25, -0.2) is 0 Å². The second-order valence-electron chi connectivity index (χ2n) is 20.6. The molecule has 1 spiro atoms. The molecule has 0 bridgehead atoms. The molecule has 0 radical (unpaired) electrons. The largest absolute Gasteiger partial charge is 0.256 e. The first-order chi connectivity index (χ1) is 37.2. The van der Waals surface area contributed by atoms with Gasteiger partial charge < -0.3 is 0 Å². The van der Waals surface area contributed by atoms with Gasteiger partial charge in [0, 0.05) is 23.5 Å². The van der Waals surface area contributed by atoms with E-state index in [1.165, 1.54) is 99.5 Å². The molecule has 0 fully saturated rings. The Hall–Kier alpha value is -9.37. The van der Waals surface area contributed by atoms with E-state index in [0.29, 0.717) is 0 Å². The molecule has 16 rings (SSSR count). The lowest BCUT2D eigenvalue weighted by molar-refractivity contribution is 0.794. The van der Waals surface area contributed by atoms with Crippen LogP contribution < -0.4 is 32.8 Å². The Labute approximate surface area is 437 Å². The molecule has 0 unspecified atom stereocenters. The summed E-state index contributed by atoms with van der Waals surface area (Å²) >= 11 is 0. The van der Waals surface area contributed by atoms with E-state index in [2.05, 4.69) is 267 Å². The van der Waals surface area contributed by atoms with Gasteiger partial charge in [-0.1, -0.05) is 263 Å². The van der Waals surface area contributed by atoms with Crippen LogP contribution in [0.3, 0.4) is 0 Å². The summed E-state index contributed by atoms with van der Waals surface area (Å²) in [6.07, 6.45) is 4.16. The van der Waals surface area contributed by atoms with Crippen molar-refractivity contribution in [1.29, 1.82) is 0 Å². The zero-order valence-electron chi connectivity index (χ0n) is 41.0. The maximum atomic E-state index is 5.27. The van der Waals surface area contributed by atoms with Crippen LogP contribution in [0.4, 0.5) is 0 Å². The summed E-state index contributed by atoms with van der Waals surface area (Å²) in [6.45, 7) is 0.278. The second kappa shape index (κ2) is 16.3. The number of aromatic nitrogens is 2. The molecule has 0 saturated heterocycles.